The molecule has 4 nitrogen and oxygen atoms in total. The first-order valence-electron chi connectivity index (χ1n) is 5.46. The summed E-state index contributed by atoms with van der Waals surface area (Å²) in [6.07, 6.45) is 0. The van der Waals surface area contributed by atoms with Gasteiger partial charge in [-0.2, -0.15) is 0 Å². The van der Waals surface area contributed by atoms with Gasteiger partial charge in [0.2, 0.25) is 0 Å². The smallest absolute Gasteiger partial charge is 0.340 e. The van der Waals surface area contributed by atoms with Crippen molar-refractivity contribution in [2.24, 2.45) is 0 Å². The number of hydrogen-bond acceptors (Lipinski definition) is 4. The summed E-state index contributed by atoms with van der Waals surface area (Å²) in [4.78, 5) is 23.3. The summed E-state index contributed by atoms with van der Waals surface area (Å²) in [6.45, 7) is 5.24. The van der Waals surface area contributed by atoms with Crippen molar-refractivity contribution < 1.29 is 19.1 Å². The third-order valence-corrected chi connectivity index (χ3v) is 2.66. The molecular weight excluding hydrogens is 291 g/mol. The van der Waals surface area contributed by atoms with Gasteiger partial charge < -0.3 is 9.47 Å². The Kier molecular flexibility index (Phi) is 4.82. The highest BCUT2D eigenvalue weighted by atomic mass is 35.5. The molecule has 6 heteroatoms. The van der Waals surface area contributed by atoms with E-state index in [1.165, 1.54) is 19.2 Å². The quantitative estimate of drug-likeness (QED) is 0.781. The van der Waals surface area contributed by atoms with Crippen LogP contribution in [-0.2, 0) is 9.47 Å². The summed E-state index contributed by atoms with van der Waals surface area (Å²) in [5, 5.41) is 0.0837. The molecule has 0 bridgehead atoms. The standard InChI is InChI=1S/C13H14Cl2O4/c1-13(2,3)19-11(16)7-5-8(14)10(9(15)6-7)12(17)18-4/h5-6H,1-4H3. The number of benzene rings is 1. The number of esters is 2. The first-order valence-corrected chi connectivity index (χ1v) is 6.22. The van der Waals surface area contributed by atoms with Crippen LogP contribution in [0.4, 0.5) is 0 Å². The van der Waals surface area contributed by atoms with Crippen LogP contribution in [0.2, 0.25) is 10.0 Å². The Balaban J connectivity index is 3.15. The Hall–Kier alpha value is -1.26. The fourth-order valence-electron chi connectivity index (χ4n) is 1.33. The van der Waals surface area contributed by atoms with E-state index in [2.05, 4.69) is 4.74 Å². The van der Waals surface area contributed by atoms with Gasteiger partial charge in [-0.3, -0.25) is 0 Å². The maximum Gasteiger partial charge on any atom is 0.340 e. The zero-order chi connectivity index (χ0) is 14.8. The third kappa shape index (κ3) is 4.11. The molecule has 0 amide bonds. The molecule has 19 heavy (non-hydrogen) atoms. The van der Waals surface area contributed by atoms with E-state index < -0.39 is 17.5 Å². The molecule has 1 aromatic rings. The molecule has 0 aliphatic carbocycles. The Bertz CT molecular complexity index is 495. The Morgan fingerprint density at radius 1 is 1.05 bits per heavy atom. The van der Waals surface area contributed by atoms with Gasteiger partial charge in [0.25, 0.3) is 0 Å². The van der Waals surface area contributed by atoms with Crippen LogP contribution in [0.3, 0.4) is 0 Å². The second-order valence-electron chi connectivity index (χ2n) is 4.81. The van der Waals surface area contributed by atoms with Gasteiger partial charge in [0.1, 0.15) is 5.60 Å². The molecule has 0 radical (unpaired) electrons. The lowest BCUT2D eigenvalue weighted by Gasteiger charge is -2.19. The molecule has 0 N–H and O–H groups in total. The van der Waals surface area contributed by atoms with Crippen LogP contribution in [0.25, 0.3) is 0 Å². The van der Waals surface area contributed by atoms with Crippen LogP contribution in [0, 0.1) is 0 Å². The Morgan fingerprint density at radius 2 is 1.53 bits per heavy atom. The number of carbonyl (C=O) groups excluding carboxylic acids is 2. The molecular formula is C13H14Cl2O4. The second-order valence-corrected chi connectivity index (χ2v) is 5.62. The van der Waals surface area contributed by atoms with Crippen molar-refractivity contribution >= 4 is 35.1 Å². The first kappa shape index (κ1) is 15.8. The van der Waals surface area contributed by atoms with E-state index in [1.807, 2.05) is 0 Å². The van der Waals surface area contributed by atoms with Gasteiger partial charge in [-0.1, -0.05) is 23.2 Å². The highest BCUT2D eigenvalue weighted by molar-refractivity contribution is 6.39. The summed E-state index contributed by atoms with van der Waals surface area (Å²) < 4.78 is 9.74. The van der Waals surface area contributed by atoms with Gasteiger partial charge in [-0.25, -0.2) is 9.59 Å². The lowest BCUT2D eigenvalue weighted by Crippen LogP contribution is -2.24. The predicted molar refractivity (Wildman–Crippen MR) is 73.0 cm³/mol. The summed E-state index contributed by atoms with van der Waals surface area (Å²) in [7, 11) is 1.22. The van der Waals surface area contributed by atoms with Crippen molar-refractivity contribution in [3.05, 3.63) is 33.3 Å². The van der Waals surface area contributed by atoms with Crippen molar-refractivity contribution in [3.63, 3.8) is 0 Å². The largest absolute Gasteiger partial charge is 0.465 e. The van der Waals surface area contributed by atoms with E-state index in [-0.39, 0.29) is 21.2 Å². The van der Waals surface area contributed by atoms with Crippen LogP contribution in [-0.4, -0.2) is 24.6 Å². The van der Waals surface area contributed by atoms with Crippen LogP contribution in [0.15, 0.2) is 12.1 Å². The maximum atomic E-state index is 11.9. The van der Waals surface area contributed by atoms with Crippen molar-refractivity contribution in [3.8, 4) is 0 Å². The Morgan fingerprint density at radius 3 is 1.89 bits per heavy atom. The minimum Gasteiger partial charge on any atom is -0.465 e. The molecule has 0 aromatic heterocycles. The molecule has 0 spiro atoms. The van der Waals surface area contributed by atoms with Crippen LogP contribution in [0.1, 0.15) is 41.5 Å². The first-order chi connectivity index (χ1) is 8.65. The number of carbonyl (C=O) groups is 2. The molecule has 0 atom stereocenters. The van der Waals surface area contributed by atoms with Gasteiger partial charge in [0, 0.05) is 0 Å². The summed E-state index contributed by atoms with van der Waals surface area (Å²) in [5.74, 6) is -1.22. The molecule has 0 heterocycles. The van der Waals surface area contributed by atoms with Crippen LogP contribution >= 0.6 is 23.2 Å². The molecule has 0 aliphatic heterocycles. The second kappa shape index (κ2) is 5.80. The van der Waals surface area contributed by atoms with E-state index in [9.17, 15) is 9.59 Å². The van der Waals surface area contributed by atoms with Crippen molar-refractivity contribution in [2.45, 2.75) is 26.4 Å². The average molecular weight is 305 g/mol. The minimum atomic E-state index is -0.661. The van der Waals surface area contributed by atoms with E-state index in [4.69, 9.17) is 27.9 Å². The van der Waals surface area contributed by atoms with Crippen molar-refractivity contribution in [1.82, 2.24) is 0 Å². The SMILES string of the molecule is COC(=O)c1c(Cl)cc(C(=O)OC(C)(C)C)cc1Cl. The number of ether oxygens (including phenoxy) is 2. The minimum absolute atomic E-state index is 0.0261. The van der Waals surface area contributed by atoms with Crippen LogP contribution in [0.5, 0.6) is 0 Å². The number of methoxy groups -OCH3 is 1. The van der Waals surface area contributed by atoms with Gasteiger partial charge in [0.05, 0.1) is 28.3 Å². The van der Waals surface area contributed by atoms with Crippen molar-refractivity contribution in [1.29, 1.82) is 0 Å². The molecule has 0 aliphatic rings. The lowest BCUT2D eigenvalue weighted by atomic mass is 10.1. The highest BCUT2D eigenvalue weighted by Crippen LogP contribution is 2.28. The van der Waals surface area contributed by atoms with E-state index in [1.54, 1.807) is 20.8 Å². The normalized spacial score (nSPS) is 11.1. The van der Waals surface area contributed by atoms with Gasteiger partial charge in [-0.05, 0) is 32.9 Å². The van der Waals surface area contributed by atoms with Gasteiger partial charge in [0.15, 0.2) is 0 Å². The fraction of sp³-hybridized carbons (Fsp3) is 0.385. The number of hydrogen-bond donors (Lipinski definition) is 0. The highest BCUT2D eigenvalue weighted by Gasteiger charge is 2.22. The molecule has 1 aromatic carbocycles. The zero-order valence-electron chi connectivity index (χ0n) is 11.0. The molecule has 0 saturated carbocycles. The summed E-state index contributed by atoms with van der Waals surface area (Å²) in [6, 6.07) is 2.65. The average Bonchev–Trinajstić information content (AvgIpc) is 2.25. The molecule has 104 valence electrons. The predicted octanol–water partition coefficient (Wildman–Crippen LogP) is 3.74. The summed E-state index contributed by atoms with van der Waals surface area (Å²) >= 11 is 11.9. The van der Waals surface area contributed by atoms with Crippen LogP contribution < -0.4 is 0 Å². The Labute approximate surface area is 121 Å². The zero-order valence-corrected chi connectivity index (χ0v) is 12.6. The monoisotopic (exact) mass is 304 g/mol. The van der Waals surface area contributed by atoms with Gasteiger partial charge >= 0.3 is 11.9 Å². The van der Waals surface area contributed by atoms with Gasteiger partial charge in [-0.15, -0.1) is 0 Å². The lowest BCUT2D eigenvalue weighted by molar-refractivity contribution is 0.00691. The fourth-order valence-corrected chi connectivity index (χ4v) is 1.97. The summed E-state index contributed by atoms with van der Waals surface area (Å²) in [5.41, 5.74) is -0.424. The van der Waals surface area contributed by atoms with E-state index in [0.29, 0.717) is 0 Å². The van der Waals surface area contributed by atoms with E-state index >= 15 is 0 Å². The van der Waals surface area contributed by atoms with Crippen molar-refractivity contribution in [2.75, 3.05) is 7.11 Å². The van der Waals surface area contributed by atoms with E-state index in [0.717, 1.165) is 0 Å². The maximum absolute atomic E-state index is 11.9. The topological polar surface area (TPSA) is 52.6 Å². The molecule has 0 unspecified atom stereocenters. The molecule has 1 rings (SSSR count). The molecule has 0 fully saturated rings. The third-order valence-electron chi connectivity index (χ3n) is 2.07. The molecule has 0 saturated heterocycles. The number of halogens is 2. The number of rotatable bonds is 2.